The van der Waals surface area contributed by atoms with E-state index < -0.39 is 0 Å². The van der Waals surface area contributed by atoms with Gasteiger partial charge in [-0.2, -0.15) is 4.98 Å². The Bertz CT molecular complexity index is 278. The number of Topliss-reactive ketones (excluding diaryl/α,β-unsaturated/α-hetero) is 1. The molecule has 0 aliphatic rings. The fraction of sp³-hybridized carbons (Fsp3) is 0.500. The lowest BCUT2D eigenvalue weighted by atomic mass is 10.3. The predicted molar refractivity (Wildman–Crippen MR) is 45.2 cm³/mol. The van der Waals surface area contributed by atoms with Gasteiger partial charge in [-0.05, 0) is 6.92 Å². The number of rotatable bonds is 3. The largest absolute Gasteiger partial charge is 0.432 e. The van der Waals surface area contributed by atoms with Crippen LogP contribution in [0, 0.1) is 0 Å². The second-order valence-electron chi connectivity index (χ2n) is 2.89. The van der Waals surface area contributed by atoms with E-state index in [4.69, 9.17) is 4.42 Å². The van der Waals surface area contributed by atoms with Crippen molar-refractivity contribution in [3.8, 4) is 0 Å². The zero-order valence-electron chi connectivity index (χ0n) is 7.50. The number of nitrogens with zero attached hydrogens (tertiary/aromatic N) is 2. The minimum atomic E-state index is 0.0913. The third-order valence-corrected chi connectivity index (χ3v) is 1.35. The van der Waals surface area contributed by atoms with Gasteiger partial charge < -0.3 is 9.32 Å². The molecule has 1 aromatic rings. The van der Waals surface area contributed by atoms with Crippen molar-refractivity contribution in [1.29, 1.82) is 0 Å². The van der Waals surface area contributed by atoms with E-state index >= 15 is 0 Å². The number of ketones is 1. The van der Waals surface area contributed by atoms with Crippen LogP contribution in [-0.4, -0.2) is 24.9 Å². The number of hydrogen-bond donors (Lipinski definition) is 0. The van der Waals surface area contributed by atoms with Gasteiger partial charge >= 0.3 is 0 Å². The van der Waals surface area contributed by atoms with Crippen LogP contribution < -0.4 is 4.90 Å². The number of aromatic nitrogens is 1. The molecule has 0 spiro atoms. The summed E-state index contributed by atoms with van der Waals surface area (Å²) in [4.78, 5) is 16.5. The summed E-state index contributed by atoms with van der Waals surface area (Å²) in [7, 11) is 3.67. The average Bonchev–Trinajstić information content (AvgIpc) is 2.34. The molecule has 0 radical (unpaired) electrons. The van der Waals surface area contributed by atoms with E-state index in [-0.39, 0.29) is 5.78 Å². The molecule has 0 fully saturated rings. The third kappa shape index (κ3) is 2.08. The molecule has 0 N–H and O–H groups in total. The summed E-state index contributed by atoms with van der Waals surface area (Å²) >= 11 is 0. The number of anilines is 1. The van der Waals surface area contributed by atoms with Crippen LogP contribution >= 0.6 is 0 Å². The first-order valence-corrected chi connectivity index (χ1v) is 3.70. The van der Waals surface area contributed by atoms with Crippen molar-refractivity contribution in [2.75, 3.05) is 19.0 Å². The highest BCUT2D eigenvalue weighted by Crippen LogP contribution is 2.10. The Balaban J connectivity index is 2.70. The zero-order chi connectivity index (χ0) is 9.14. The van der Waals surface area contributed by atoms with Crippen LogP contribution in [0.25, 0.3) is 0 Å². The molecule has 1 rings (SSSR count). The second kappa shape index (κ2) is 3.38. The lowest BCUT2D eigenvalue weighted by molar-refractivity contribution is -0.116. The van der Waals surface area contributed by atoms with Crippen molar-refractivity contribution in [2.45, 2.75) is 13.3 Å². The Hall–Kier alpha value is -1.32. The fourth-order valence-electron chi connectivity index (χ4n) is 0.838. The Labute approximate surface area is 71.2 Å². The van der Waals surface area contributed by atoms with Gasteiger partial charge in [0.05, 0.1) is 12.1 Å². The van der Waals surface area contributed by atoms with E-state index in [0.29, 0.717) is 18.1 Å². The smallest absolute Gasteiger partial charge is 0.296 e. The van der Waals surface area contributed by atoms with Crippen molar-refractivity contribution in [3.63, 3.8) is 0 Å². The molecule has 0 aliphatic heterocycles. The predicted octanol–water partition coefficient (Wildman–Crippen LogP) is 0.872. The van der Waals surface area contributed by atoms with Crippen molar-refractivity contribution >= 4 is 11.8 Å². The zero-order valence-corrected chi connectivity index (χ0v) is 7.50. The third-order valence-electron chi connectivity index (χ3n) is 1.35. The summed E-state index contributed by atoms with van der Waals surface area (Å²) in [6.45, 7) is 1.53. The first-order valence-electron chi connectivity index (χ1n) is 3.70. The van der Waals surface area contributed by atoms with E-state index in [0.717, 1.165) is 0 Å². The van der Waals surface area contributed by atoms with Gasteiger partial charge in [0.15, 0.2) is 0 Å². The Morgan fingerprint density at radius 3 is 2.75 bits per heavy atom. The number of hydrogen-bond acceptors (Lipinski definition) is 4. The number of carbonyl (C=O) groups is 1. The average molecular weight is 168 g/mol. The van der Waals surface area contributed by atoms with E-state index in [9.17, 15) is 4.79 Å². The SMILES string of the molecule is CC(=O)Cc1coc(N(C)C)n1. The summed E-state index contributed by atoms with van der Waals surface area (Å²) in [5.74, 6) is 0.0913. The molecule has 0 aromatic carbocycles. The quantitative estimate of drug-likeness (QED) is 0.672. The lowest BCUT2D eigenvalue weighted by Gasteiger charge is -2.03. The maximum absolute atomic E-state index is 10.7. The molecule has 0 bridgehead atoms. The molecule has 1 aromatic heterocycles. The minimum absolute atomic E-state index is 0.0913. The van der Waals surface area contributed by atoms with Crippen LogP contribution in [0.1, 0.15) is 12.6 Å². The van der Waals surface area contributed by atoms with Gasteiger partial charge in [0.25, 0.3) is 6.01 Å². The van der Waals surface area contributed by atoms with E-state index in [2.05, 4.69) is 4.98 Å². The molecule has 0 amide bonds. The van der Waals surface area contributed by atoms with Crippen LogP contribution in [0.15, 0.2) is 10.7 Å². The summed E-state index contributed by atoms with van der Waals surface area (Å²) in [5, 5.41) is 0. The molecule has 66 valence electrons. The maximum atomic E-state index is 10.7. The van der Waals surface area contributed by atoms with Crippen molar-refractivity contribution in [1.82, 2.24) is 4.98 Å². The molecule has 1 heterocycles. The van der Waals surface area contributed by atoms with Crippen LogP contribution in [0.4, 0.5) is 6.01 Å². The van der Waals surface area contributed by atoms with Crippen LogP contribution in [0.2, 0.25) is 0 Å². The Morgan fingerprint density at radius 2 is 2.33 bits per heavy atom. The van der Waals surface area contributed by atoms with E-state index in [1.807, 2.05) is 14.1 Å². The van der Waals surface area contributed by atoms with E-state index in [1.54, 1.807) is 4.90 Å². The van der Waals surface area contributed by atoms with Crippen LogP contribution in [-0.2, 0) is 11.2 Å². The van der Waals surface area contributed by atoms with E-state index in [1.165, 1.54) is 13.2 Å². The first kappa shape index (κ1) is 8.77. The lowest BCUT2D eigenvalue weighted by Crippen LogP contribution is -2.09. The summed E-state index contributed by atoms with van der Waals surface area (Å²) in [6, 6.07) is 0.534. The molecule has 0 atom stereocenters. The highest BCUT2D eigenvalue weighted by molar-refractivity contribution is 5.77. The standard InChI is InChI=1S/C8H12N2O2/c1-6(11)4-7-5-12-8(9-7)10(2)3/h5H,4H2,1-3H3. The normalized spacial score (nSPS) is 9.92. The molecule has 0 saturated heterocycles. The maximum Gasteiger partial charge on any atom is 0.296 e. The molecular weight excluding hydrogens is 156 g/mol. The molecule has 4 heteroatoms. The van der Waals surface area contributed by atoms with Gasteiger partial charge in [0.2, 0.25) is 0 Å². The van der Waals surface area contributed by atoms with Gasteiger partial charge in [0, 0.05) is 14.1 Å². The van der Waals surface area contributed by atoms with Crippen molar-refractivity contribution in [3.05, 3.63) is 12.0 Å². The second-order valence-corrected chi connectivity index (χ2v) is 2.89. The topological polar surface area (TPSA) is 46.3 Å². The van der Waals surface area contributed by atoms with Gasteiger partial charge in [-0.15, -0.1) is 0 Å². The Kier molecular flexibility index (Phi) is 2.47. The van der Waals surface area contributed by atoms with Gasteiger partial charge in [-0.1, -0.05) is 0 Å². The minimum Gasteiger partial charge on any atom is -0.432 e. The number of carbonyl (C=O) groups excluding carboxylic acids is 1. The molecule has 0 aliphatic carbocycles. The number of oxazole rings is 1. The van der Waals surface area contributed by atoms with Crippen molar-refractivity contribution < 1.29 is 9.21 Å². The summed E-state index contributed by atoms with van der Waals surface area (Å²) in [6.07, 6.45) is 1.86. The molecule has 0 unspecified atom stereocenters. The van der Waals surface area contributed by atoms with Crippen LogP contribution in [0.5, 0.6) is 0 Å². The van der Waals surface area contributed by atoms with Gasteiger partial charge in [-0.3, -0.25) is 4.79 Å². The molecule has 12 heavy (non-hydrogen) atoms. The van der Waals surface area contributed by atoms with Gasteiger partial charge in [-0.25, -0.2) is 0 Å². The monoisotopic (exact) mass is 168 g/mol. The summed E-state index contributed by atoms with van der Waals surface area (Å²) in [5.41, 5.74) is 0.686. The van der Waals surface area contributed by atoms with Crippen molar-refractivity contribution in [2.24, 2.45) is 0 Å². The van der Waals surface area contributed by atoms with Crippen LogP contribution in [0.3, 0.4) is 0 Å². The first-order chi connectivity index (χ1) is 5.59. The molecule has 4 nitrogen and oxygen atoms in total. The Morgan fingerprint density at radius 1 is 1.67 bits per heavy atom. The molecular formula is C8H12N2O2. The molecule has 0 saturated carbocycles. The summed E-state index contributed by atoms with van der Waals surface area (Å²) < 4.78 is 5.09. The highest BCUT2D eigenvalue weighted by atomic mass is 16.4. The fourth-order valence-corrected chi connectivity index (χ4v) is 0.838. The highest BCUT2D eigenvalue weighted by Gasteiger charge is 2.06. The van der Waals surface area contributed by atoms with Gasteiger partial charge in [0.1, 0.15) is 12.0 Å².